The molecule has 1 unspecified atom stereocenters. The van der Waals surface area contributed by atoms with Crippen LogP contribution in [0.3, 0.4) is 0 Å². The van der Waals surface area contributed by atoms with Gasteiger partial charge in [0.2, 0.25) is 0 Å². The number of aryl methyl sites for hydroxylation is 2. The van der Waals surface area contributed by atoms with Gasteiger partial charge in [-0.2, -0.15) is 5.10 Å². The minimum absolute atomic E-state index is 0.0101. The van der Waals surface area contributed by atoms with E-state index in [1.165, 1.54) is 5.56 Å². The molecule has 4 aromatic rings. The summed E-state index contributed by atoms with van der Waals surface area (Å²) in [5, 5.41) is 7.55. The lowest BCUT2D eigenvalue weighted by atomic mass is 9.95. The first-order chi connectivity index (χ1) is 14.7. The van der Waals surface area contributed by atoms with E-state index in [9.17, 15) is 4.79 Å². The van der Waals surface area contributed by atoms with Crippen LogP contribution in [0.15, 0.2) is 73.3 Å². The fourth-order valence-corrected chi connectivity index (χ4v) is 4.18. The Balaban J connectivity index is 1.52. The summed E-state index contributed by atoms with van der Waals surface area (Å²) in [5.74, 6) is 0.0101. The van der Waals surface area contributed by atoms with Crippen molar-refractivity contribution in [2.45, 2.75) is 25.9 Å². The van der Waals surface area contributed by atoms with Gasteiger partial charge in [-0.15, -0.1) is 0 Å². The van der Waals surface area contributed by atoms with Crippen molar-refractivity contribution in [3.8, 4) is 11.3 Å². The smallest absolute Gasteiger partial charge is 0.273 e. The van der Waals surface area contributed by atoms with Gasteiger partial charge in [0, 0.05) is 36.6 Å². The standard InChI is InChI=1S/C24H23N5O/c1-17-8-10-19(11-9-17)23-20-21(18-6-3-2-4-7-18)26-27-22(20)24(30)29(23)14-5-13-28-15-12-25-16-28/h2-4,6-12,15-16,23H,5,13-14H2,1H3,(H,26,27). The lowest BCUT2D eigenvalue weighted by molar-refractivity contribution is 0.0739. The molecule has 1 aliphatic heterocycles. The van der Waals surface area contributed by atoms with Gasteiger partial charge < -0.3 is 9.47 Å². The molecule has 0 saturated carbocycles. The molecule has 30 heavy (non-hydrogen) atoms. The topological polar surface area (TPSA) is 66.8 Å². The molecule has 6 heteroatoms. The van der Waals surface area contributed by atoms with Gasteiger partial charge in [0.15, 0.2) is 0 Å². The van der Waals surface area contributed by atoms with Crippen molar-refractivity contribution in [3.05, 3.63) is 95.7 Å². The highest BCUT2D eigenvalue weighted by Crippen LogP contribution is 2.42. The Kier molecular flexibility index (Phi) is 4.67. The molecular weight excluding hydrogens is 374 g/mol. The molecule has 5 rings (SSSR count). The number of benzene rings is 2. The summed E-state index contributed by atoms with van der Waals surface area (Å²) in [6.45, 7) is 3.56. The fraction of sp³-hybridized carbons (Fsp3) is 0.208. The van der Waals surface area contributed by atoms with Gasteiger partial charge in [-0.25, -0.2) is 4.98 Å². The molecule has 1 atom stereocenters. The Hall–Kier alpha value is -3.67. The van der Waals surface area contributed by atoms with Crippen molar-refractivity contribution in [2.75, 3.05) is 6.54 Å². The quantitative estimate of drug-likeness (QED) is 0.530. The molecule has 0 saturated heterocycles. The molecule has 1 aliphatic rings. The highest BCUT2D eigenvalue weighted by atomic mass is 16.2. The van der Waals surface area contributed by atoms with E-state index in [4.69, 9.17) is 0 Å². The van der Waals surface area contributed by atoms with Crippen molar-refractivity contribution in [1.29, 1.82) is 0 Å². The summed E-state index contributed by atoms with van der Waals surface area (Å²) in [6, 6.07) is 18.3. The maximum absolute atomic E-state index is 13.3. The van der Waals surface area contributed by atoms with Crippen LogP contribution in [0.4, 0.5) is 0 Å². The normalized spacial score (nSPS) is 15.6. The first-order valence-corrected chi connectivity index (χ1v) is 10.2. The molecule has 0 radical (unpaired) electrons. The highest BCUT2D eigenvalue weighted by Gasteiger charge is 2.41. The average Bonchev–Trinajstić information content (AvgIpc) is 3.49. The maximum atomic E-state index is 13.3. The predicted molar refractivity (Wildman–Crippen MR) is 115 cm³/mol. The van der Waals surface area contributed by atoms with E-state index < -0.39 is 0 Å². The molecule has 2 aromatic heterocycles. The third kappa shape index (κ3) is 3.20. The Bertz CT molecular complexity index is 1150. The molecule has 0 aliphatic carbocycles. The van der Waals surface area contributed by atoms with Gasteiger partial charge in [-0.05, 0) is 18.9 Å². The Morgan fingerprint density at radius 2 is 1.83 bits per heavy atom. The van der Waals surface area contributed by atoms with Gasteiger partial charge in [0.25, 0.3) is 5.91 Å². The maximum Gasteiger partial charge on any atom is 0.273 e. The van der Waals surface area contributed by atoms with E-state index >= 15 is 0 Å². The molecule has 0 fully saturated rings. The van der Waals surface area contributed by atoms with E-state index in [1.54, 1.807) is 6.20 Å². The van der Waals surface area contributed by atoms with Gasteiger partial charge in [-0.3, -0.25) is 9.89 Å². The van der Waals surface area contributed by atoms with Crippen LogP contribution in [0.25, 0.3) is 11.3 Å². The van der Waals surface area contributed by atoms with Crippen molar-refractivity contribution in [2.24, 2.45) is 0 Å². The second-order valence-electron chi connectivity index (χ2n) is 7.69. The second kappa shape index (κ2) is 7.63. The number of carbonyl (C=O) groups is 1. The third-order valence-electron chi connectivity index (χ3n) is 5.68. The highest BCUT2D eigenvalue weighted by molar-refractivity contribution is 6.00. The summed E-state index contributed by atoms with van der Waals surface area (Å²) >= 11 is 0. The molecule has 1 amide bonds. The average molecular weight is 397 g/mol. The van der Waals surface area contributed by atoms with Crippen LogP contribution in [-0.4, -0.2) is 37.1 Å². The summed E-state index contributed by atoms with van der Waals surface area (Å²) in [6.07, 6.45) is 6.38. The third-order valence-corrected chi connectivity index (χ3v) is 5.68. The van der Waals surface area contributed by atoms with E-state index in [-0.39, 0.29) is 11.9 Å². The monoisotopic (exact) mass is 397 g/mol. The van der Waals surface area contributed by atoms with Crippen LogP contribution in [-0.2, 0) is 6.54 Å². The minimum atomic E-state index is -0.148. The Morgan fingerprint density at radius 1 is 1.03 bits per heavy atom. The van der Waals surface area contributed by atoms with E-state index in [0.29, 0.717) is 12.2 Å². The molecule has 1 N–H and O–H groups in total. The number of fused-ring (bicyclic) bond motifs is 1. The van der Waals surface area contributed by atoms with Crippen LogP contribution in [0, 0.1) is 6.92 Å². The second-order valence-corrected chi connectivity index (χ2v) is 7.69. The van der Waals surface area contributed by atoms with Crippen LogP contribution in [0.1, 0.15) is 39.6 Å². The molecule has 0 bridgehead atoms. The number of amides is 1. The molecule has 0 spiro atoms. The van der Waals surface area contributed by atoms with Crippen molar-refractivity contribution in [1.82, 2.24) is 24.6 Å². The van der Waals surface area contributed by atoms with Gasteiger partial charge in [0.1, 0.15) is 5.69 Å². The largest absolute Gasteiger partial charge is 0.337 e. The number of H-pyrrole nitrogens is 1. The molecule has 3 heterocycles. The summed E-state index contributed by atoms with van der Waals surface area (Å²) < 4.78 is 2.04. The summed E-state index contributed by atoms with van der Waals surface area (Å²) in [5.41, 5.74) is 5.74. The zero-order chi connectivity index (χ0) is 20.5. The first-order valence-electron chi connectivity index (χ1n) is 10.2. The number of nitrogens with one attached hydrogen (secondary N) is 1. The first kappa shape index (κ1) is 18.4. The zero-order valence-corrected chi connectivity index (χ0v) is 16.8. The number of hydrogen-bond donors (Lipinski definition) is 1. The summed E-state index contributed by atoms with van der Waals surface area (Å²) in [4.78, 5) is 19.4. The number of aromatic amines is 1. The fourth-order valence-electron chi connectivity index (χ4n) is 4.18. The minimum Gasteiger partial charge on any atom is -0.337 e. The Morgan fingerprint density at radius 3 is 2.57 bits per heavy atom. The van der Waals surface area contributed by atoms with Gasteiger partial charge in [0.05, 0.1) is 18.1 Å². The van der Waals surface area contributed by atoms with Gasteiger partial charge >= 0.3 is 0 Å². The lowest BCUT2D eigenvalue weighted by Crippen LogP contribution is -2.31. The lowest BCUT2D eigenvalue weighted by Gasteiger charge is -2.26. The number of rotatable bonds is 6. The van der Waals surface area contributed by atoms with E-state index in [2.05, 4.69) is 46.4 Å². The number of nitrogens with zero attached hydrogens (tertiary/aromatic N) is 4. The number of imidazole rings is 1. The van der Waals surface area contributed by atoms with Crippen LogP contribution >= 0.6 is 0 Å². The molecule has 150 valence electrons. The van der Waals surface area contributed by atoms with Crippen molar-refractivity contribution >= 4 is 5.91 Å². The van der Waals surface area contributed by atoms with Crippen molar-refractivity contribution < 1.29 is 4.79 Å². The van der Waals surface area contributed by atoms with Crippen LogP contribution in [0.5, 0.6) is 0 Å². The SMILES string of the molecule is Cc1ccc(C2c3c(-c4ccccc4)n[nH]c3C(=O)N2CCCn2ccnc2)cc1. The van der Waals surface area contributed by atoms with Crippen molar-refractivity contribution in [3.63, 3.8) is 0 Å². The number of hydrogen-bond acceptors (Lipinski definition) is 3. The van der Waals surface area contributed by atoms with E-state index in [0.717, 1.165) is 35.3 Å². The molecule has 2 aromatic carbocycles. The predicted octanol–water partition coefficient (Wildman–Crippen LogP) is 4.22. The molecular formula is C24H23N5O. The molecule has 6 nitrogen and oxygen atoms in total. The Labute approximate surface area is 175 Å². The number of carbonyl (C=O) groups excluding carboxylic acids is 1. The van der Waals surface area contributed by atoms with Gasteiger partial charge in [-0.1, -0.05) is 60.2 Å². The zero-order valence-electron chi connectivity index (χ0n) is 16.8. The van der Waals surface area contributed by atoms with Crippen LogP contribution < -0.4 is 0 Å². The summed E-state index contributed by atoms with van der Waals surface area (Å²) in [7, 11) is 0. The van der Waals surface area contributed by atoms with Crippen LogP contribution in [0.2, 0.25) is 0 Å². The van der Waals surface area contributed by atoms with E-state index in [1.807, 2.05) is 52.3 Å². The number of aromatic nitrogens is 4.